The van der Waals surface area contributed by atoms with Crippen molar-refractivity contribution in [2.45, 2.75) is 24.9 Å². The fraction of sp³-hybridized carbons (Fsp3) is 0.818. The van der Waals surface area contributed by atoms with Crippen molar-refractivity contribution in [1.82, 2.24) is 9.80 Å². The topological polar surface area (TPSA) is 40.6 Å². The van der Waals surface area contributed by atoms with E-state index in [0.29, 0.717) is 11.8 Å². The number of rotatable bonds is 1. The minimum atomic E-state index is -2.90. The van der Waals surface area contributed by atoms with E-state index < -0.39 is 9.84 Å². The van der Waals surface area contributed by atoms with Crippen LogP contribution in [0.4, 0.5) is 0 Å². The first-order chi connectivity index (χ1) is 7.64. The molecule has 90 valence electrons. The Morgan fingerprint density at radius 2 is 1.94 bits per heavy atom. The zero-order valence-electron chi connectivity index (χ0n) is 9.38. The maximum absolute atomic E-state index is 11.4. The molecule has 0 bridgehead atoms. The lowest BCUT2D eigenvalue weighted by molar-refractivity contribution is 0.0919. The molecule has 0 saturated carbocycles. The van der Waals surface area contributed by atoms with E-state index in [0.717, 1.165) is 19.6 Å². The van der Waals surface area contributed by atoms with E-state index in [4.69, 9.17) is 0 Å². The van der Waals surface area contributed by atoms with E-state index in [1.165, 1.54) is 24.8 Å². The van der Waals surface area contributed by atoms with Crippen molar-refractivity contribution in [1.29, 1.82) is 0 Å². The summed E-state index contributed by atoms with van der Waals surface area (Å²) in [7, 11) is -2.90. The van der Waals surface area contributed by atoms with E-state index in [1.54, 1.807) is 0 Å². The molecule has 5 heteroatoms. The highest BCUT2D eigenvalue weighted by atomic mass is 32.2. The second-order valence-corrected chi connectivity index (χ2v) is 6.98. The summed E-state index contributed by atoms with van der Waals surface area (Å²) in [5.41, 5.74) is 0. The largest absolute Gasteiger partial charge is 0.298 e. The van der Waals surface area contributed by atoms with E-state index in [-0.39, 0.29) is 6.04 Å². The molecule has 0 aromatic rings. The Morgan fingerprint density at radius 1 is 1.12 bits per heavy atom. The SMILES string of the molecule is O=S1(=O)C=CC(N2CCN3CCCC3C2)C1. The normalized spacial score (nSPS) is 39.0. The number of sulfone groups is 1. The average Bonchev–Trinajstić information content (AvgIpc) is 2.82. The number of fused-ring (bicyclic) bond motifs is 1. The van der Waals surface area contributed by atoms with Crippen molar-refractivity contribution in [3.05, 3.63) is 11.5 Å². The molecule has 0 aliphatic carbocycles. The molecule has 3 aliphatic rings. The minimum Gasteiger partial charge on any atom is -0.298 e. The quantitative estimate of drug-likeness (QED) is 0.653. The van der Waals surface area contributed by atoms with Gasteiger partial charge in [0.15, 0.2) is 9.84 Å². The van der Waals surface area contributed by atoms with Gasteiger partial charge in [-0.25, -0.2) is 8.42 Å². The number of nitrogens with zero attached hydrogens (tertiary/aromatic N) is 2. The van der Waals surface area contributed by atoms with Crippen molar-refractivity contribution in [3.8, 4) is 0 Å². The molecule has 0 spiro atoms. The van der Waals surface area contributed by atoms with Gasteiger partial charge in [-0.05, 0) is 19.4 Å². The first kappa shape index (κ1) is 10.7. The first-order valence-electron chi connectivity index (χ1n) is 6.03. The maximum Gasteiger partial charge on any atom is 0.173 e. The summed E-state index contributed by atoms with van der Waals surface area (Å²) in [4.78, 5) is 4.89. The molecular weight excluding hydrogens is 224 g/mol. The van der Waals surface area contributed by atoms with Gasteiger partial charge in [0.05, 0.1) is 5.75 Å². The van der Waals surface area contributed by atoms with Gasteiger partial charge < -0.3 is 0 Å². The van der Waals surface area contributed by atoms with Gasteiger partial charge in [-0.1, -0.05) is 6.08 Å². The minimum absolute atomic E-state index is 0.132. The maximum atomic E-state index is 11.4. The second kappa shape index (κ2) is 3.82. The van der Waals surface area contributed by atoms with Gasteiger partial charge in [0.2, 0.25) is 0 Å². The lowest BCUT2D eigenvalue weighted by Gasteiger charge is -2.39. The molecule has 3 rings (SSSR count). The van der Waals surface area contributed by atoms with Crippen molar-refractivity contribution < 1.29 is 8.42 Å². The number of hydrogen-bond acceptors (Lipinski definition) is 4. The Kier molecular flexibility index (Phi) is 2.57. The zero-order valence-corrected chi connectivity index (χ0v) is 10.2. The fourth-order valence-corrected chi connectivity index (χ4v) is 4.43. The molecule has 16 heavy (non-hydrogen) atoms. The van der Waals surface area contributed by atoms with Crippen LogP contribution in [0.1, 0.15) is 12.8 Å². The van der Waals surface area contributed by atoms with Crippen molar-refractivity contribution in [2.24, 2.45) is 0 Å². The summed E-state index contributed by atoms with van der Waals surface area (Å²) in [6, 6.07) is 0.804. The molecule has 2 fully saturated rings. The van der Waals surface area contributed by atoms with E-state index in [9.17, 15) is 8.42 Å². The molecule has 2 unspecified atom stereocenters. The lowest BCUT2D eigenvalue weighted by atomic mass is 10.1. The highest BCUT2D eigenvalue weighted by molar-refractivity contribution is 7.94. The van der Waals surface area contributed by atoms with Crippen LogP contribution >= 0.6 is 0 Å². The molecule has 3 aliphatic heterocycles. The van der Waals surface area contributed by atoms with Gasteiger partial charge in [0.25, 0.3) is 0 Å². The molecule has 0 N–H and O–H groups in total. The highest BCUT2D eigenvalue weighted by Gasteiger charge is 2.35. The van der Waals surface area contributed by atoms with E-state index >= 15 is 0 Å². The van der Waals surface area contributed by atoms with Gasteiger partial charge in [-0.2, -0.15) is 0 Å². The molecule has 4 nitrogen and oxygen atoms in total. The van der Waals surface area contributed by atoms with Gasteiger partial charge in [0.1, 0.15) is 0 Å². The highest BCUT2D eigenvalue weighted by Crippen LogP contribution is 2.24. The van der Waals surface area contributed by atoms with Gasteiger partial charge in [-0.15, -0.1) is 0 Å². The van der Waals surface area contributed by atoms with Crippen molar-refractivity contribution >= 4 is 9.84 Å². The predicted octanol–water partition coefficient (Wildman–Crippen LogP) is 0.0771. The Morgan fingerprint density at radius 3 is 2.69 bits per heavy atom. The van der Waals surface area contributed by atoms with E-state index in [1.807, 2.05) is 6.08 Å². The van der Waals surface area contributed by atoms with Gasteiger partial charge in [-0.3, -0.25) is 9.80 Å². The average molecular weight is 242 g/mol. The van der Waals surface area contributed by atoms with Crippen LogP contribution in [0, 0.1) is 0 Å². The van der Waals surface area contributed by atoms with Crippen LogP contribution in [0.25, 0.3) is 0 Å². The Balaban J connectivity index is 1.67. The second-order valence-electron chi connectivity index (χ2n) is 5.05. The Labute approximate surface area is 96.8 Å². The third-order valence-corrected chi connectivity index (χ3v) is 5.38. The predicted molar refractivity (Wildman–Crippen MR) is 62.9 cm³/mol. The van der Waals surface area contributed by atoms with Crippen LogP contribution in [-0.4, -0.2) is 62.2 Å². The van der Waals surface area contributed by atoms with Crippen molar-refractivity contribution in [3.63, 3.8) is 0 Å². The molecule has 2 saturated heterocycles. The molecule has 0 radical (unpaired) electrons. The third-order valence-electron chi connectivity index (χ3n) is 4.00. The smallest absolute Gasteiger partial charge is 0.173 e. The number of hydrogen-bond donors (Lipinski definition) is 0. The molecule has 0 amide bonds. The monoisotopic (exact) mass is 242 g/mol. The van der Waals surface area contributed by atoms with Crippen LogP contribution in [0.5, 0.6) is 0 Å². The Hall–Kier alpha value is -0.390. The van der Waals surface area contributed by atoms with Gasteiger partial charge in [0, 0.05) is 37.1 Å². The van der Waals surface area contributed by atoms with Gasteiger partial charge >= 0.3 is 0 Å². The van der Waals surface area contributed by atoms with Crippen molar-refractivity contribution in [2.75, 3.05) is 31.9 Å². The molecule has 0 aromatic carbocycles. The Bertz CT molecular complexity index is 404. The summed E-state index contributed by atoms with van der Waals surface area (Å²) in [5, 5.41) is 1.39. The zero-order chi connectivity index (χ0) is 11.2. The van der Waals surface area contributed by atoms with Crippen LogP contribution in [0.2, 0.25) is 0 Å². The standard InChI is InChI=1S/C11H18N2O2S/c14-16(15)7-3-11(9-16)13-6-5-12-4-1-2-10(12)8-13/h3,7,10-11H,1-2,4-6,8-9H2. The third kappa shape index (κ3) is 1.92. The number of piperazine rings is 1. The lowest BCUT2D eigenvalue weighted by Crippen LogP contribution is -2.53. The molecule has 3 heterocycles. The molecule has 0 aromatic heterocycles. The first-order valence-corrected chi connectivity index (χ1v) is 7.75. The van der Waals surface area contributed by atoms with Crippen LogP contribution < -0.4 is 0 Å². The summed E-state index contributed by atoms with van der Waals surface area (Å²) in [6.07, 6.45) is 4.44. The van der Waals surface area contributed by atoms with Crippen LogP contribution in [0.15, 0.2) is 11.5 Å². The molecule has 2 atom stereocenters. The summed E-state index contributed by atoms with van der Waals surface area (Å²) < 4.78 is 22.8. The van der Waals surface area contributed by atoms with E-state index in [2.05, 4.69) is 9.80 Å². The summed E-state index contributed by atoms with van der Waals surface area (Å²) in [5.74, 6) is 0.291. The molecular formula is C11H18N2O2S. The summed E-state index contributed by atoms with van der Waals surface area (Å²) >= 11 is 0. The van der Waals surface area contributed by atoms with Crippen LogP contribution in [-0.2, 0) is 9.84 Å². The summed E-state index contributed by atoms with van der Waals surface area (Å²) in [6.45, 7) is 4.40. The fourth-order valence-electron chi connectivity index (χ4n) is 3.10. The van der Waals surface area contributed by atoms with Crippen LogP contribution in [0.3, 0.4) is 0 Å².